The molecule has 2 aromatic carbocycles. The molecule has 2 aliphatic rings. The van der Waals surface area contributed by atoms with Gasteiger partial charge in [0.25, 0.3) is 0 Å². The molecular weight excluding hydrogens is 480 g/mol. The number of nitrogens with zero attached hydrogens (tertiary/aromatic N) is 5. The molecule has 2 aliphatic carbocycles. The van der Waals surface area contributed by atoms with Crippen LogP contribution in [0, 0.1) is 17.2 Å². The Bertz CT molecular complexity index is 1480. The van der Waals surface area contributed by atoms with Gasteiger partial charge in [0.15, 0.2) is 0 Å². The quantitative estimate of drug-likeness (QED) is 0.299. The first-order valence-electron chi connectivity index (χ1n) is 13.2. The predicted molar refractivity (Wildman–Crippen MR) is 143 cm³/mol. The van der Waals surface area contributed by atoms with Crippen LogP contribution >= 0.6 is 0 Å². The van der Waals surface area contributed by atoms with Crippen molar-refractivity contribution in [1.29, 1.82) is 5.26 Å². The van der Waals surface area contributed by atoms with E-state index in [1.165, 1.54) is 12.7 Å². The van der Waals surface area contributed by atoms with E-state index < -0.39 is 6.09 Å². The van der Waals surface area contributed by atoms with Crippen LogP contribution < -0.4 is 10.1 Å². The predicted octanol–water partition coefficient (Wildman–Crippen LogP) is 5.92. The Labute approximate surface area is 221 Å². The number of ether oxygens (including phenoxy) is 2. The van der Waals surface area contributed by atoms with E-state index >= 15 is 0 Å². The molecule has 9 nitrogen and oxygen atoms in total. The first kappa shape index (κ1) is 24.0. The van der Waals surface area contributed by atoms with Crippen LogP contribution in [-0.2, 0) is 11.3 Å². The number of amides is 1. The lowest BCUT2D eigenvalue weighted by molar-refractivity contribution is 0.108. The van der Waals surface area contributed by atoms with E-state index in [1.54, 1.807) is 11.0 Å². The van der Waals surface area contributed by atoms with Crippen molar-refractivity contribution in [3.05, 3.63) is 60.7 Å². The Balaban J connectivity index is 1.27. The van der Waals surface area contributed by atoms with Gasteiger partial charge in [-0.15, -0.1) is 0 Å². The van der Waals surface area contributed by atoms with Crippen LogP contribution in [-0.4, -0.2) is 38.1 Å². The average Bonchev–Trinajstić information content (AvgIpc) is 3.53. The molecule has 0 radical (unpaired) electrons. The van der Waals surface area contributed by atoms with Crippen molar-refractivity contribution in [2.24, 2.45) is 5.92 Å². The van der Waals surface area contributed by atoms with Gasteiger partial charge in [-0.05, 0) is 80.8 Å². The molecule has 0 bridgehead atoms. The molecule has 38 heavy (non-hydrogen) atoms. The van der Waals surface area contributed by atoms with Gasteiger partial charge in [0.1, 0.15) is 37.2 Å². The van der Waals surface area contributed by atoms with Crippen molar-refractivity contribution in [3.8, 4) is 23.1 Å². The Morgan fingerprint density at radius 1 is 1.18 bits per heavy atom. The summed E-state index contributed by atoms with van der Waals surface area (Å²) in [5.74, 6) is 1.20. The monoisotopic (exact) mass is 510 g/mol. The number of hydrogen-bond donors (Lipinski definition) is 1. The van der Waals surface area contributed by atoms with Gasteiger partial charge in [-0.2, -0.15) is 10.4 Å². The van der Waals surface area contributed by atoms with Gasteiger partial charge in [0, 0.05) is 17.1 Å². The van der Waals surface area contributed by atoms with E-state index in [9.17, 15) is 10.1 Å². The minimum absolute atomic E-state index is 0.0675. The van der Waals surface area contributed by atoms with Gasteiger partial charge in [-0.25, -0.2) is 14.5 Å². The van der Waals surface area contributed by atoms with Crippen LogP contribution in [0.4, 0.5) is 10.5 Å². The van der Waals surface area contributed by atoms with E-state index in [2.05, 4.69) is 32.1 Å². The number of hydrogen-bond acceptors (Lipinski definition) is 6. The van der Waals surface area contributed by atoms with E-state index in [4.69, 9.17) is 9.47 Å². The molecular formula is C29H30N6O3. The molecule has 0 aliphatic heterocycles. The summed E-state index contributed by atoms with van der Waals surface area (Å²) in [6, 6.07) is 16.4. The van der Waals surface area contributed by atoms with Gasteiger partial charge in [0.2, 0.25) is 0 Å². The van der Waals surface area contributed by atoms with Crippen molar-refractivity contribution < 1.29 is 14.3 Å². The number of carbonyl (C=O) groups excluding carboxylic acids is 1. The first-order valence-corrected chi connectivity index (χ1v) is 13.2. The summed E-state index contributed by atoms with van der Waals surface area (Å²) in [5.41, 5.74) is 4.17. The summed E-state index contributed by atoms with van der Waals surface area (Å²) in [6.45, 7) is 2.98. The molecule has 1 unspecified atom stereocenters. The number of anilines is 1. The molecule has 6 rings (SSSR count). The molecule has 2 saturated carbocycles. The van der Waals surface area contributed by atoms with Gasteiger partial charge < -0.3 is 14.0 Å². The third-order valence-corrected chi connectivity index (χ3v) is 7.57. The maximum absolute atomic E-state index is 12.3. The maximum Gasteiger partial charge on any atom is 0.411 e. The van der Waals surface area contributed by atoms with Gasteiger partial charge in [-0.1, -0.05) is 12.1 Å². The lowest BCUT2D eigenvalue weighted by Crippen LogP contribution is -2.21. The molecule has 4 aromatic rings. The summed E-state index contributed by atoms with van der Waals surface area (Å²) in [5, 5.41) is 18.1. The standard InChI is InChI=1S/C29H30N6O3/c1-19(20-5-6-20)38-29(36)33-22-9-7-21(8-10-22)28-26(16-30)25-15-24(37-14-13-34-18-31-17-32-34)11-12-27(25)35(28)23-3-2-4-23/h7-12,15,17-20,23H,2-6,13-14H2,1H3,(H,33,36). The fourth-order valence-electron chi connectivity index (χ4n) is 5.10. The summed E-state index contributed by atoms with van der Waals surface area (Å²) in [4.78, 5) is 16.2. The SMILES string of the molecule is CC(OC(=O)Nc1ccc(-c2c(C#N)c3cc(OCCn4cncn4)ccc3n2C2CCC2)cc1)C1CC1. The molecule has 0 saturated heterocycles. The zero-order chi connectivity index (χ0) is 26.1. The minimum atomic E-state index is -0.435. The fraction of sp³-hybridized carbons (Fsp3) is 0.379. The van der Waals surface area contributed by atoms with Crippen LogP contribution in [0.15, 0.2) is 55.1 Å². The molecule has 2 aromatic heterocycles. The summed E-state index contributed by atoms with van der Waals surface area (Å²) < 4.78 is 15.5. The molecule has 2 fully saturated rings. The van der Waals surface area contributed by atoms with Crippen molar-refractivity contribution in [1.82, 2.24) is 19.3 Å². The number of fused-ring (bicyclic) bond motifs is 1. The van der Waals surface area contributed by atoms with Crippen LogP contribution in [0.3, 0.4) is 0 Å². The Hall–Kier alpha value is -4.32. The number of benzene rings is 2. The van der Waals surface area contributed by atoms with E-state index in [0.29, 0.717) is 42.1 Å². The number of carbonyl (C=O) groups is 1. The first-order chi connectivity index (χ1) is 18.6. The number of aromatic nitrogens is 4. The Morgan fingerprint density at radius 3 is 2.66 bits per heavy atom. The third kappa shape index (κ3) is 4.82. The van der Waals surface area contributed by atoms with Crippen LogP contribution in [0.5, 0.6) is 5.75 Å². The van der Waals surface area contributed by atoms with E-state index in [-0.39, 0.29) is 6.10 Å². The Kier molecular flexibility index (Phi) is 6.46. The lowest BCUT2D eigenvalue weighted by Gasteiger charge is -2.30. The molecule has 1 amide bonds. The molecule has 1 atom stereocenters. The Morgan fingerprint density at radius 2 is 2.00 bits per heavy atom. The van der Waals surface area contributed by atoms with E-state index in [1.807, 2.05) is 43.3 Å². The summed E-state index contributed by atoms with van der Waals surface area (Å²) in [7, 11) is 0. The molecule has 0 spiro atoms. The highest BCUT2D eigenvalue weighted by atomic mass is 16.6. The van der Waals surface area contributed by atoms with Gasteiger partial charge in [-0.3, -0.25) is 5.32 Å². The van der Waals surface area contributed by atoms with Gasteiger partial charge >= 0.3 is 6.09 Å². The van der Waals surface area contributed by atoms with Crippen molar-refractivity contribution in [2.45, 2.75) is 57.7 Å². The minimum Gasteiger partial charge on any atom is -0.492 e. The van der Waals surface area contributed by atoms with Crippen molar-refractivity contribution in [2.75, 3.05) is 11.9 Å². The topological polar surface area (TPSA) is 107 Å². The summed E-state index contributed by atoms with van der Waals surface area (Å²) in [6.07, 6.45) is 8.25. The highest BCUT2D eigenvalue weighted by molar-refractivity contribution is 5.96. The second kappa shape index (κ2) is 10.2. The highest BCUT2D eigenvalue weighted by Crippen LogP contribution is 2.43. The van der Waals surface area contributed by atoms with Crippen molar-refractivity contribution >= 4 is 22.7 Å². The van der Waals surface area contributed by atoms with Crippen LogP contribution in [0.1, 0.15) is 50.6 Å². The third-order valence-electron chi connectivity index (χ3n) is 7.57. The van der Waals surface area contributed by atoms with Crippen LogP contribution in [0.25, 0.3) is 22.2 Å². The molecule has 2 heterocycles. The second-order valence-corrected chi connectivity index (χ2v) is 10.1. The summed E-state index contributed by atoms with van der Waals surface area (Å²) >= 11 is 0. The average molecular weight is 511 g/mol. The van der Waals surface area contributed by atoms with Gasteiger partial charge in [0.05, 0.1) is 23.3 Å². The number of nitrogens with one attached hydrogen (secondary N) is 1. The number of rotatable bonds is 9. The smallest absolute Gasteiger partial charge is 0.411 e. The zero-order valence-electron chi connectivity index (χ0n) is 21.3. The number of nitriles is 1. The maximum atomic E-state index is 12.3. The fourth-order valence-corrected chi connectivity index (χ4v) is 5.10. The molecule has 1 N–H and O–H groups in total. The molecule has 9 heteroatoms. The zero-order valence-corrected chi connectivity index (χ0v) is 21.3. The highest BCUT2D eigenvalue weighted by Gasteiger charge is 2.31. The second-order valence-electron chi connectivity index (χ2n) is 10.1. The van der Waals surface area contributed by atoms with Crippen molar-refractivity contribution in [3.63, 3.8) is 0 Å². The largest absolute Gasteiger partial charge is 0.492 e. The van der Waals surface area contributed by atoms with Crippen LogP contribution in [0.2, 0.25) is 0 Å². The lowest BCUT2D eigenvalue weighted by atomic mass is 9.92. The normalized spacial score (nSPS) is 16.0. The molecule has 194 valence electrons. The van der Waals surface area contributed by atoms with E-state index in [0.717, 1.165) is 47.8 Å².